The van der Waals surface area contributed by atoms with Gasteiger partial charge < -0.3 is 19.5 Å². The van der Waals surface area contributed by atoms with Gasteiger partial charge in [-0.3, -0.25) is 0 Å². The highest BCUT2D eigenvalue weighted by Gasteiger charge is 2.32. The molecule has 0 aliphatic carbocycles. The highest BCUT2D eigenvalue weighted by atomic mass is 16.5. The van der Waals surface area contributed by atoms with Crippen LogP contribution in [0.4, 0.5) is 10.5 Å². The minimum absolute atomic E-state index is 0.149. The van der Waals surface area contributed by atoms with Crippen molar-refractivity contribution in [3.05, 3.63) is 59.5 Å². The average molecular weight is 406 g/mol. The molecule has 0 saturated carbocycles. The molecule has 1 unspecified atom stereocenters. The molecule has 1 atom stereocenters. The van der Waals surface area contributed by atoms with Crippen LogP contribution >= 0.6 is 0 Å². The van der Waals surface area contributed by atoms with Crippen LogP contribution in [-0.4, -0.2) is 34.7 Å². The quantitative estimate of drug-likeness (QED) is 0.650. The number of benzene rings is 2. The van der Waals surface area contributed by atoms with Gasteiger partial charge >= 0.3 is 6.03 Å². The van der Waals surface area contributed by atoms with Crippen molar-refractivity contribution >= 4 is 11.7 Å². The topological polar surface area (TPSA) is 80.5 Å². The van der Waals surface area contributed by atoms with E-state index >= 15 is 0 Å². The molecular formula is C23H26N4O3. The first-order valence-corrected chi connectivity index (χ1v) is 10.2. The van der Waals surface area contributed by atoms with E-state index in [9.17, 15) is 4.79 Å². The van der Waals surface area contributed by atoms with Crippen molar-refractivity contribution in [2.24, 2.45) is 0 Å². The lowest BCUT2D eigenvalue weighted by Crippen LogP contribution is -2.41. The van der Waals surface area contributed by atoms with Gasteiger partial charge in [-0.2, -0.15) is 4.98 Å². The zero-order valence-electron chi connectivity index (χ0n) is 17.5. The summed E-state index contributed by atoms with van der Waals surface area (Å²) in [6, 6.07) is 13.0. The van der Waals surface area contributed by atoms with Crippen LogP contribution in [0.25, 0.3) is 11.4 Å². The number of likely N-dealkylation sites (tertiary alicyclic amines) is 1. The Labute approximate surface area is 176 Å². The summed E-state index contributed by atoms with van der Waals surface area (Å²) >= 11 is 0. The van der Waals surface area contributed by atoms with E-state index in [1.807, 2.05) is 49.4 Å². The summed E-state index contributed by atoms with van der Waals surface area (Å²) in [5.74, 6) is 1.68. The molecule has 156 valence electrons. The van der Waals surface area contributed by atoms with Gasteiger partial charge in [0.1, 0.15) is 11.8 Å². The van der Waals surface area contributed by atoms with Crippen molar-refractivity contribution in [2.75, 3.05) is 19.0 Å². The molecule has 30 heavy (non-hydrogen) atoms. The van der Waals surface area contributed by atoms with Crippen molar-refractivity contribution in [3.8, 4) is 17.1 Å². The number of anilines is 1. The first-order valence-electron chi connectivity index (χ1n) is 10.2. The Morgan fingerprint density at radius 1 is 1.17 bits per heavy atom. The summed E-state index contributed by atoms with van der Waals surface area (Å²) in [7, 11) is 1.62. The zero-order valence-corrected chi connectivity index (χ0v) is 17.5. The predicted octanol–water partition coefficient (Wildman–Crippen LogP) is 5.12. The van der Waals surface area contributed by atoms with E-state index in [0.717, 1.165) is 41.8 Å². The van der Waals surface area contributed by atoms with Gasteiger partial charge in [-0.1, -0.05) is 23.4 Å². The van der Waals surface area contributed by atoms with Gasteiger partial charge in [-0.05, 0) is 68.5 Å². The van der Waals surface area contributed by atoms with Crippen LogP contribution in [0.1, 0.15) is 42.3 Å². The minimum Gasteiger partial charge on any atom is -0.497 e. The second-order valence-electron chi connectivity index (χ2n) is 7.62. The SMILES string of the molecule is COc1cccc(-c2noc(C3CCCCN3C(=O)Nc3ccc(C)c(C)c3)n2)c1. The molecular weight excluding hydrogens is 380 g/mol. The number of rotatable bonds is 4. The molecule has 3 aromatic rings. The van der Waals surface area contributed by atoms with Crippen molar-refractivity contribution in [3.63, 3.8) is 0 Å². The number of ether oxygens (including phenoxy) is 1. The first-order chi connectivity index (χ1) is 14.5. The van der Waals surface area contributed by atoms with Gasteiger partial charge in [-0.15, -0.1) is 0 Å². The minimum atomic E-state index is -0.239. The summed E-state index contributed by atoms with van der Waals surface area (Å²) < 4.78 is 10.8. The first kappa shape index (κ1) is 19.9. The van der Waals surface area contributed by atoms with Gasteiger partial charge in [0.25, 0.3) is 0 Å². The highest BCUT2D eigenvalue weighted by molar-refractivity contribution is 5.89. The lowest BCUT2D eigenvalue weighted by Gasteiger charge is -2.33. The van der Waals surface area contributed by atoms with Crippen molar-refractivity contribution < 1.29 is 14.1 Å². The van der Waals surface area contributed by atoms with Gasteiger partial charge in [0.15, 0.2) is 0 Å². The number of carbonyl (C=O) groups excluding carboxylic acids is 1. The van der Waals surface area contributed by atoms with E-state index in [0.29, 0.717) is 18.3 Å². The number of nitrogens with zero attached hydrogens (tertiary/aromatic N) is 3. The Kier molecular flexibility index (Phi) is 5.70. The van der Waals surface area contributed by atoms with Gasteiger partial charge in [0.05, 0.1) is 7.11 Å². The summed E-state index contributed by atoms with van der Waals surface area (Å²) in [5.41, 5.74) is 3.93. The molecule has 7 heteroatoms. The third-order valence-electron chi connectivity index (χ3n) is 5.58. The molecule has 1 aliphatic rings. The number of hydrogen-bond acceptors (Lipinski definition) is 5. The maximum atomic E-state index is 13.0. The molecule has 1 aliphatic heterocycles. The average Bonchev–Trinajstić information content (AvgIpc) is 3.26. The summed E-state index contributed by atoms with van der Waals surface area (Å²) in [6.45, 7) is 4.74. The molecule has 7 nitrogen and oxygen atoms in total. The fourth-order valence-corrected chi connectivity index (χ4v) is 3.70. The number of amides is 2. The van der Waals surface area contributed by atoms with Crippen LogP contribution < -0.4 is 10.1 Å². The van der Waals surface area contributed by atoms with Gasteiger partial charge in [-0.25, -0.2) is 4.79 Å². The maximum absolute atomic E-state index is 13.0. The van der Waals surface area contributed by atoms with Crippen molar-refractivity contribution in [1.82, 2.24) is 15.0 Å². The van der Waals surface area contributed by atoms with E-state index in [4.69, 9.17) is 9.26 Å². The van der Waals surface area contributed by atoms with E-state index in [1.165, 1.54) is 5.56 Å². The Morgan fingerprint density at radius 3 is 2.83 bits per heavy atom. The molecule has 1 N–H and O–H groups in total. The number of methoxy groups -OCH3 is 1. The van der Waals surface area contributed by atoms with E-state index in [2.05, 4.69) is 22.4 Å². The lowest BCUT2D eigenvalue weighted by atomic mass is 10.0. The number of hydrogen-bond donors (Lipinski definition) is 1. The summed E-state index contributed by atoms with van der Waals surface area (Å²) in [6.07, 6.45) is 2.75. The molecule has 0 spiro atoms. The molecule has 2 aromatic carbocycles. The van der Waals surface area contributed by atoms with E-state index in [-0.39, 0.29) is 12.1 Å². The third kappa shape index (κ3) is 4.15. The number of aromatic nitrogens is 2. The monoisotopic (exact) mass is 406 g/mol. The van der Waals surface area contributed by atoms with Crippen molar-refractivity contribution in [2.45, 2.75) is 39.2 Å². The molecule has 0 radical (unpaired) electrons. The molecule has 0 bridgehead atoms. The summed E-state index contributed by atoms with van der Waals surface area (Å²) in [5, 5.41) is 7.15. The standard InChI is InChI=1S/C23H26N4O3/c1-15-10-11-18(13-16(15)2)24-23(28)27-12-5-4-9-20(27)22-25-21(26-30-22)17-7-6-8-19(14-17)29-3/h6-8,10-11,13-14,20H,4-5,9,12H2,1-3H3,(H,24,28). The van der Waals surface area contributed by atoms with Gasteiger partial charge in [0, 0.05) is 17.8 Å². The van der Waals surface area contributed by atoms with E-state index < -0.39 is 0 Å². The fraction of sp³-hybridized carbons (Fsp3) is 0.348. The molecule has 2 amide bonds. The zero-order chi connectivity index (χ0) is 21.1. The van der Waals surface area contributed by atoms with Crippen LogP contribution in [-0.2, 0) is 0 Å². The number of carbonyl (C=O) groups is 1. The van der Waals surface area contributed by atoms with Gasteiger partial charge in [0.2, 0.25) is 11.7 Å². The van der Waals surface area contributed by atoms with E-state index in [1.54, 1.807) is 12.0 Å². The number of urea groups is 1. The Hall–Kier alpha value is -3.35. The van der Waals surface area contributed by atoms with Crippen LogP contribution in [0.3, 0.4) is 0 Å². The number of piperidine rings is 1. The fourth-order valence-electron chi connectivity index (χ4n) is 3.70. The second kappa shape index (κ2) is 8.57. The largest absolute Gasteiger partial charge is 0.497 e. The molecule has 2 heterocycles. The second-order valence-corrected chi connectivity index (χ2v) is 7.62. The third-order valence-corrected chi connectivity index (χ3v) is 5.58. The van der Waals surface area contributed by atoms with Crippen LogP contribution in [0, 0.1) is 13.8 Å². The molecule has 1 fully saturated rings. The predicted molar refractivity (Wildman–Crippen MR) is 115 cm³/mol. The Bertz CT molecular complexity index is 1050. The normalized spacial score (nSPS) is 16.4. The molecule has 4 rings (SSSR count). The Balaban J connectivity index is 1.54. The Morgan fingerprint density at radius 2 is 2.03 bits per heavy atom. The highest BCUT2D eigenvalue weighted by Crippen LogP contribution is 2.32. The van der Waals surface area contributed by atoms with Crippen LogP contribution in [0.5, 0.6) is 5.75 Å². The van der Waals surface area contributed by atoms with Crippen LogP contribution in [0.2, 0.25) is 0 Å². The lowest BCUT2D eigenvalue weighted by molar-refractivity contribution is 0.142. The maximum Gasteiger partial charge on any atom is 0.322 e. The smallest absolute Gasteiger partial charge is 0.322 e. The number of aryl methyl sites for hydroxylation is 2. The number of nitrogens with one attached hydrogen (secondary N) is 1. The van der Waals surface area contributed by atoms with Crippen LogP contribution in [0.15, 0.2) is 47.0 Å². The van der Waals surface area contributed by atoms with Crippen molar-refractivity contribution in [1.29, 1.82) is 0 Å². The molecule has 1 aromatic heterocycles. The summed E-state index contributed by atoms with van der Waals surface area (Å²) in [4.78, 5) is 19.4. The molecule has 1 saturated heterocycles.